The van der Waals surface area contributed by atoms with Crippen LogP contribution in [0.1, 0.15) is 0 Å². The molecular formula is C7H12N2O3S. The monoisotopic (exact) mass is 204 g/mol. The third-order valence-electron chi connectivity index (χ3n) is 1.66. The molecule has 1 fully saturated rings. The van der Waals surface area contributed by atoms with Crippen molar-refractivity contribution < 1.29 is 13.2 Å². The minimum absolute atomic E-state index is 0.0508. The highest BCUT2D eigenvalue weighted by Gasteiger charge is 2.33. The van der Waals surface area contributed by atoms with Crippen LogP contribution in [0.3, 0.4) is 0 Å². The lowest BCUT2D eigenvalue weighted by Crippen LogP contribution is -2.52. The molecule has 0 bridgehead atoms. The van der Waals surface area contributed by atoms with Crippen LogP contribution in [0.15, 0.2) is 12.2 Å². The van der Waals surface area contributed by atoms with Gasteiger partial charge in [-0.05, 0) is 0 Å². The Kier molecular flexibility index (Phi) is 3.05. The van der Waals surface area contributed by atoms with Crippen LogP contribution in [-0.2, 0) is 14.6 Å². The Morgan fingerprint density at radius 2 is 2.15 bits per heavy atom. The van der Waals surface area contributed by atoms with Gasteiger partial charge in [-0.25, -0.2) is 8.42 Å². The van der Waals surface area contributed by atoms with Crippen molar-refractivity contribution in [3.05, 3.63) is 12.2 Å². The van der Waals surface area contributed by atoms with Gasteiger partial charge >= 0.3 is 0 Å². The molecule has 1 amide bonds. The molecule has 1 rings (SSSR count). The molecule has 1 aliphatic rings. The average molecular weight is 204 g/mol. The van der Waals surface area contributed by atoms with E-state index >= 15 is 0 Å². The van der Waals surface area contributed by atoms with E-state index in [1.165, 1.54) is 12.2 Å². The fraction of sp³-hybridized carbons (Fsp3) is 0.571. The van der Waals surface area contributed by atoms with Crippen molar-refractivity contribution in [1.29, 1.82) is 0 Å². The number of nitrogens with two attached hydrogens (primary N) is 1. The second-order valence-corrected chi connectivity index (χ2v) is 5.07. The average Bonchev–Trinajstić information content (AvgIpc) is 1.97. The van der Waals surface area contributed by atoms with E-state index in [-0.39, 0.29) is 23.5 Å². The summed E-state index contributed by atoms with van der Waals surface area (Å²) in [6.07, 6.45) is 2.83. The molecule has 0 atom stereocenters. The Morgan fingerprint density at radius 3 is 2.62 bits per heavy atom. The van der Waals surface area contributed by atoms with Crippen LogP contribution in [-0.4, -0.2) is 38.4 Å². The van der Waals surface area contributed by atoms with Crippen LogP contribution >= 0.6 is 0 Å². The first-order valence-corrected chi connectivity index (χ1v) is 5.73. The van der Waals surface area contributed by atoms with Crippen LogP contribution < -0.4 is 11.1 Å². The molecule has 0 aromatic carbocycles. The maximum absolute atomic E-state index is 11.0. The third kappa shape index (κ3) is 3.16. The van der Waals surface area contributed by atoms with Crippen molar-refractivity contribution in [3.8, 4) is 0 Å². The van der Waals surface area contributed by atoms with E-state index in [0.29, 0.717) is 6.54 Å². The summed E-state index contributed by atoms with van der Waals surface area (Å²) in [4.78, 5) is 11.0. The molecule has 0 aromatic heterocycles. The van der Waals surface area contributed by atoms with E-state index in [1.54, 1.807) is 0 Å². The second kappa shape index (κ2) is 3.89. The van der Waals surface area contributed by atoms with E-state index in [0.717, 1.165) is 0 Å². The van der Waals surface area contributed by atoms with Gasteiger partial charge in [-0.3, -0.25) is 4.79 Å². The van der Waals surface area contributed by atoms with E-state index in [4.69, 9.17) is 5.73 Å². The van der Waals surface area contributed by atoms with E-state index in [1.807, 2.05) is 0 Å². The van der Waals surface area contributed by atoms with Gasteiger partial charge in [0.25, 0.3) is 0 Å². The largest absolute Gasteiger partial charge is 0.348 e. The number of carbonyl (C=O) groups excluding carboxylic acids is 1. The van der Waals surface area contributed by atoms with Crippen LogP contribution in [0.2, 0.25) is 0 Å². The number of rotatable bonds is 3. The fourth-order valence-electron chi connectivity index (χ4n) is 1.07. The van der Waals surface area contributed by atoms with E-state index in [2.05, 4.69) is 5.32 Å². The molecule has 1 aliphatic heterocycles. The maximum Gasteiger partial charge on any atom is 0.243 e. The summed E-state index contributed by atoms with van der Waals surface area (Å²) in [6, 6.07) is -0.222. The number of carbonyl (C=O) groups is 1. The zero-order valence-corrected chi connectivity index (χ0v) is 7.88. The Hall–Kier alpha value is -0.880. The van der Waals surface area contributed by atoms with Crippen molar-refractivity contribution in [1.82, 2.24) is 5.32 Å². The van der Waals surface area contributed by atoms with E-state index in [9.17, 15) is 13.2 Å². The summed E-state index contributed by atoms with van der Waals surface area (Å²) >= 11 is 0. The van der Waals surface area contributed by atoms with Gasteiger partial charge in [-0.15, -0.1) is 0 Å². The minimum Gasteiger partial charge on any atom is -0.348 e. The molecule has 1 heterocycles. The van der Waals surface area contributed by atoms with Gasteiger partial charge in [0, 0.05) is 12.6 Å². The van der Waals surface area contributed by atoms with Crippen molar-refractivity contribution in [2.75, 3.05) is 18.1 Å². The molecule has 0 spiro atoms. The van der Waals surface area contributed by atoms with Crippen LogP contribution in [0, 0.1) is 0 Å². The summed E-state index contributed by atoms with van der Waals surface area (Å²) in [6.45, 7) is 0.302. The quantitative estimate of drug-likeness (QED) is 0.543. The summed E-state index contributed by atoms with van der Waals surface area (Å²) in [5.74, 6) is -0.185. The number of nitrogens with one attached hydrogen (secondary N) is 1. The van der Waals surface area contributed by atoms with Gasteiger partial charge in [-0.2, -0.15) is 0 Å². The lowest BCUT2D eigenvalue weighted by molar-refractivity contribution is -0.117. The van der Waals surface area contributed by atoms with Crippen molar-refractivity contribution in [3.63, 3.8) is 0 Å². The van der Waals surface area contributed by atoms with Crippen molar-refractivity contribution in [2.45, 2.75) is 6.04 Å². The zero-order chi connectivity index (χ0) is 9.90. The van der Waals surface area contributed by atoms with Gasteiger partial charge < -0.3 is 11.1 Å². The first kappa shape index (κ1) is 10.2. The molecular weight excluding hydrogens is 192 g/mol. The molecule has 0 aliphatic carbocycles. The van der Waals surface area contributed by atoms with E-state index < -0.39 is 9.84 Å². The molecule has 74 valence electrons. The highest BCUT2D eigenvalue weighted by molar-refractivity contribution is 7.92. The highest BCUT2D eigenvalue weighted by atomic mass is 32.2. The number of hydrogen-bond donors (Lipinski definition) is 2. The number of amides is 1. The standard InChI is InChI=1S/C7H12N2O3S/c8-3-1-2-7(10)9-6-4-13(11,12)5-6/h1-2,6H,3-5,8H2,(H,9,10). The maximum atomic E-state index is 11.0. The van der Waals surface area contributed by atoms with Crippen LogP contribution in [0.4, 0.5) is 0 Å². The summed E-state index contributed by atoms with van der Waals surface area (Å²) in [5.41, 5.74) is 5.13. The molecule has 0 unspecified atom stereocenters. The van der Waals surface area contributed by atoms with Crippen molar-refractivity contribution >= 4 is 15.7 Å². The lowest BCUT2D eigenvalue weighted by atomic mass is 10.3. The Labute approximate surface area is 76.9 Å². The van der Waals surface area contributed by atoms with Gasteiger partial charge in [0.1, 0.15) is 0 Å². The SMILES string of the molecule is NCC=CC(=O)NC1CS(=O)(=O)C1. The molecule has 5 nitrogen and oxygen atoms in total. The first-order chi connectivity index (χ1) is 6.03. The second-order valence-electron chi connectivity index (χ2n) is 2.92. The normalized spacial score (nSPS) is 21.3. The van der Waals surface area contributed by atoms with Crippen molar-refractivity contribution in [2.24, 2.45) is 5.73 Å². The van der Waals surface area contributed by atoms with Gasteiger partial charge in [-0.1, -0.05) is 6.08 Å². The van der Waals surface area contributed by atoms with Gasteiger partial charge in [0.2, 0.25) is 5.91 Å². The highest BCUT2D eigenvalue weighted by Crippen LogP contribution is 2.09. The van der Waals surface area contributed by atoms with Gasteiger partial charge in [0.05, 0.1) is 17.5 Å². The zero-order valence-electron chi connectivity index (χ0n) is 7.06. The number of sulfone groups is 1. The Balaban J connectivity index is 2.28. The summed E-state index contributed by atoms with van der Waals surface area (Å²) in [5, 5.41) is 2.55. The molecule has 0 saturated carbocycles. The molecule has 6 heteroatoms. The predicted molar refractivity (Wildman–Crippen MR) is 48.8 cm³/mol. The summed E-state index contributed by atoms with van der Waals surface area (Å²) < 4.78 is 21.4. The minimum atomic E-state index is -2.86. The lowest BCUT2D eigenvalue weighted by Gasteiger charge is -2.25. The smallest absolute Gasteiger partial charge is 0.243 e. The molecule has 13 heavy (non-hydrogen) atoms. The first-order valence-electron chi connectivity index (χ1n) is 3.91. The Bertz CT molecular complexity index is 309. The molecule has 3 N–H and O–H groups in total. The third-order valence-corrected chi connectivity index (χ3v) is 3.48. The Morgan fingerprint density at radius 1 is 1.54 bits per heavy atom. The van der Waals surface area contributed by atoms with Gasteiger partial charge in [0.15, 0.2) is 9.84 Å². The van der Waals surface area contributed by atoms with Crippen LogP contribution in [0.5, 0.6) is 0 Å². The molecule has 0 radical (unpaired) electrons. The fourth-order valence-corrected chi connectivity index (χ4v) is 2.37. The summed E-state index contributed by atoms with van der Waals surface area (Å²) in [7, 11) is -2.86. The van der Waals surface area contributed by atoms with Crippen LogP contribution in [0.25, 0.3) is 0 Å². The molecule has 0 aromatic rings. The topological polar surface area (TPSA) is 89.3 Å². The number of hydrogen-bond acceptors (Lipinski definition) is 4. The molecule has 1 saturated heterocycles. The predicted octanol–water partition coefficient (Wildman–Crippen LogP) is -1.59.